The van der Waals surface area contributed by atoms with E-state index in [0.717, 1.165) is 30.6 Å². The smallest absolute Gasteiger partial charge is 0.150 e. The molecule has 3 nitrogen and oxygen atoms in total. The minimum Gasteiger partial charge on any atom is -0.505 e. The minimum atomic E-state index is 0.259. The molecule has 0 unspecified atom stereocenters. The molecule has 0 bridgehead atoms. The number of hydrogen-bond donors (Lipinski definition) is 2. The third kappa shape index (κ3) is 2.42. The zero-order valence-electron chi connectivity index (χ0n) is 10.7. The van der Waals surface area contributed by atoms with Crippen LogP contribution in [0.15, 0.2) is 24.4 Å². The summed E-state index contributed by atoms with van der Waals surface area (Å²) in [6, 6.07) is 5.55. The molecule has 0 saturated heterocycles. The highest BCUT2D eigenvalue weighted by atomic mass is 35.5. The third-order valence-corrected chi connectivity index (χ3v) is 3.65. The number of aromatic hydroxyl groups is 1. The maximum atomic E-state index is 10.3. The predicted octanol–water partition coefficient (Wildman–Crippen LogP) is 2.02. The van der Waals surface area contributed by atoms with Crippen molar-refractivity contribution in [3.05, 3.63) is 35.0 Å². The Kier molecular flexibility index (Phi) is 4.04. The van der Waals surface area contributed by atoms with Gasteiger partial charge in [-0.15, -0.1) is 0 Å². The highest BCUT2D eigenvalue weighted by molar-refractivity contribution is 6.35. The monoisotopic (exact) mass is 265 g/mol. The van der Waals surface area contributed by atoms with Gasteiger partial charge in [0.15, 0.2) is 5.75 Å². The van der Waals surface area contributed by atoms with E-state index in [4.69, 9.17) is 11.6 Å². The van der Waals surface area contributed by atoms with Gasteiger partial charge in [0.1, 0.15) is 12.1 Å². The van der Waals surface area contributed by atoms with Crippen LogP contribution in [0.4, 0.5) is 0 Å². The fraction of sp³-hybridized carbons (Fsp3) is 0.357. The van der Waals surface area contributed by atoms with Gasteiger partial charge in [-0.1, -0.05) is 11.6 Å². The van der Waals surface area contributed by atoms with E-state index in [2.05, 4.69) is 18.8 Å². The Labute approximate surface area is 112 Å². The Hall–Kier alpha value is -1.32. The van der Waals surface area contributed by atoms with Gasteiger partial charge in [-0.2, -0.15) is 0 Å². The summed E-state index contributed by atoms with van der Waals surface area (Å²) in [4.78, 5) is 5.62. The molecule has 1 aromatic heterocycles. The lowest BCUT2D eigenvalue weighted by Gasteiger charge is -2.17. The van der Waals surface area contributed by atoms with Gasteiger partial charge in [-0.25, -0.2) is 0 Å². The molecule has 2 aromatic rings. The molecule has 1 aromatic carbocycles. The molecule has 18 heavy (non-hydrogen) atoms. The molecule has 96 valence electrons. The number of aromatic nitrogens is 1. The fourth-order valence-electron chi connectivity index (χ4n) is 2.14. The Balaban J connectivity index is 2.49. The molecule has 2 rings (SSSR count). The quantitative estimate of drug-likeness (QED) is 0.888. The zero-order valence-corrected chi connectivity index (χ0v) is 11.5. The average molecular weight is 266 g/mol. The summed E-state index contributed by atoms with van der Waals surface area (Å²) >= 11 is 6.24. The van der Waals surface area contributed by atoms with E-state index >= 15 is 0 Å². The zero-order chi connectivity index (χ0) is 13.1. The topological polar surface area (TPSA) is 37.6 Å². The van der Waals surface area contributed by atoms with Gasteiger partial charge in [0.25, 0.3) is 0 Å². The standard InChI is InChI=1S/C14H17ClN2O/c1-3-17(4-2)9-10-8-12(15)11-6-5-7-16-13(11)14(10)18/h5-8,18H,3-4,9H2,1-2H3/p+1. The lowest BCUT2D eigenvalue weighted by molar-refractivity contribution is -0.910. The van der Waals surface area contributed by atoms with Crippen molar-refractivity contribution in [2.45, 2.75) is 20.4 Å². The first-order chi connectivity index (χ1) is 8.67. The first-order valence-electron chi connectivity index (χ1n) is 6.26. The van der Waals surface area contributed by atoms with Crippen molar-refractivity contribution in [3.63, 3.8) is 0 Å². The van der Waals surface area contributed by atoms with Crippen LogP contribution in [0.1, 0.15) is 19.4 Å². The number of pyridine rings is 1. The van der Waals surface area contributed by atoms with Crippen LogP contribution in [0.5, 0.6) is 5.75 Å². The summed E-state index contributed by atoms with van der Waals surface area (Å²) in [5, 5.41) is 11.7. The Bertz CT molecular complexity index is 553. The number of phenols is 1. The highest BCUT2D eigenvalue weighted by Gasteiger charge is 2.14. The Morgan fingerprint density at radius 2 is 2.06 bits per heavy atom. The van der Waals surface area contributed by atoms with Crippen molar-refractivity contribution < 1.29 is 10.0 Å². The van der Waals surface area contributed by atoms with Crippen LogP contribution in [0.25, 0.3) is 10.9 Å². The first-order valence-corrected chi connectivity index (χ1v) is 6.63. The van der Waals surface area contributed by atoms with E-state index in [0.29, 0.717) is 10.5 Å². The van der Waals surface area contributed by atoms with E-state index in [1.807, 2.05) is 18.2 Å². The normalized spacial score (nSPS) is 11.3. The van der Waals surface area contributed by atoms with Crippen LogP contribution in [-0.4, -0.2) is 23.2 Å². The minimum absolute atomic E-state index is 0.259. The van der Waals surface area contributed by atoms with Gasteiger partial charge in [0.05, 0.1) is 23.7 Å². The number of nitrogens with zero attached hydrogens (tertiary/aromatic N) is 1. The Morgan fingerprint density at radius 3 is 2.72 bits per heavy atom. The second-order valence-corrected chi connectivity index (χ2v) is 4.81. The van der Waals surface area contributed by atoms with Gasteiger partial charge < -0.3 is 10.0 Å². The van der Waals surface area contributed by atoms with Crippen LogP contribution in [-0.2, 0) is 6.54 Å². The van der Waals surface area contributed by atoms with Gasteiger partial charge in [0.2, 0.25) is 0 Å². The maximum absolute atomic E-state index is 10.3. The summed E-state index contributed by atoms with van der Waals surface area (Å²) in [5.74, 6) is 0.259. The summed E-state index contributed by atoms with van der Waals surface area (Å²) in [7, 11) is 0. The Morgan fingerprint density at radius 1 is 1.33 bits per heavy atom. The number of quaternary nitrogens is 1. The number of benzene rings is 1. The molecule has 0 aliphatic heterocycles. The van der Waals surface area contributed by atoms with Crippen molar-refractivity contribution in [2.24, 2.45) is 0 Å². The lowest BCUT2D eigenvalue weighted by Crippen LogP contribution is -3.10. The molecule has 0 aliphatic carbocycles. The van der Waals surface area contributed by atoms with Crippen LogP contribution in [0.3, 0.4) is 0 Å². The summed E-state index contributed by atoms with van der Waals surface area (Å²) < 4.78 is 0. The SMILES string of the molecule is CC[NH+](CC)Cc1cc(Cl)c2cccnc2c1O. The molecule has 0 aliphatic rings. The van der Waals surface area contributed by atoms with Crippen molar-refractivity contribution in [2.75, 3.05) is 13.1 Å². The molecule has 0 saturated carbocycles. The van der Waals surface area contributed by atoms with Crippen molar-refractivity contribution in [3.8, 4) is 5.75 Å². The second-order valence-electron chi connectivity index (χ2n) is 4.40. The number of halogens is 1. The predicted molar refractivity (Wildman–Crippen MR) is 74.2 cm³/mol. The molecular weight excluding hydrogens is 248 g/mol. The van der Waals surface area contributed by atoms with Gasteiger partial charge in [-0.3, -0.25) is 4.98 Å². The van der Waals surface area contributed by atoms with Crippen LogP contribution < -0.4 is 4.90 Å². The van der Waals surface area contributed by atoms with Crippen molar-refractivity contribution >= 4 is 22.5 Å². The van der Waals surface area contributed by atoms with E-state index in [9.17, 15) is 5.11 Å². The lowest BCUT2D eigenvalue weighted by atomic mass is 10.1. The molecule has 2 N–H and O–H groups in total. The second kappa shape index (κ2) is 5.55. The number of hydrogen-bond acceptors (Lipinski definition) is 2. The molecule has 0 fully saturated rings. The fourth-order valence-corrected chi connectivity index (χ4v) is 2.43. The maximum Gasteiger partial charge on any atom is 0.150 e. The van der Waals surface area contributed by atoms with E-state index in [-0.39, 0.29) is 5.75 Å². The number of fused-ring (bicyclic) bond motifs is 1. The van der Waals surface area contributed by atoms with Gasteiger partial charge in [0, 0.05) is 11.6 Å². The first kappa shape index (κ1) is 13.1. The average Bonchev–Trinajstić information content (AvgIpc) is 2.41. The van der Waals surface area contributed by atoms with Crippen molar-refractivity contribution in [1.29, 1.82) is 0 Å². The molecule has 0 radical (unpaired) electrons. The molecule has 0 amide bonds. The number of nitrogens with one attached hydrogen (secondary N) is 1. The van der Waals surface area contributed by atoms with E-state index in [1.54, 1.807) is 6.20 Å². The molecule has 1 heterocycles. The molecular formula is C14H18ClN2O+. The number of phenolic OH excluding ortho intramolecular Hbond substituents is 1. The molecule has 0 atom stereocenters. The van der Waals surface area contributed by atoms with Crippen molar-refractivity contribution in [1.82, 2.24) is 4.98 Å². The van der Waals surface area contributed by atoms with Gasteiger partial charge in [-0.05, 0) is 32.0 Å². The molecule has 4 heteroatoms. The van der Waals surface area contributed by atoms with Crippen LogP contribution in [0, 0.1) is 0 Å². The summed E-state index contributed by atoms with van der Waals surface area (Å²) in [6.07, 6.45) is 1.67. The largest absolute Gasteiger partial charge is 0.505 e. The number of rotatable bonds is 4. The van der Waals surface area contributed by atoms with Gasteiger partial charge >= 0.3 is 0 Å². The summed E-state index contributed by atoms with van der Waals surface area (Å²) in [6.45, 7) is 7.08. The molecule has 0 spiro atoms. The van der Waals surface area contributed by atoms with E-state index < -0.39 is 0 Å². The highest BCUT2D eigenvalue weighted by Crippen LogP contribution is 2.32. The third-order valence-electron chi connectivity index (χ3n) is 3.33. The summed E-state index contributed by atoms with van der Waals surface area (Å²) in [5.41, 5.74) is 1.46. The van der Waals surface area contributed by atoms with Crippen LogP contribution in [0.2, 0.25) is 5.02 Å². The van der Waals surface area contributed by atoms with Crippen LogP contribution >= 0.6 is 11.6 Å². The van der Waals surface area contributed by atoms with E-state index in [1.165, 1.54) is 4.90 Å².